The minimum atomic E-state index is -2.21. The second-order valence-corrected chi connectivity index (χ2v) is 25.9. The van der Waals surface area contributed by atoms with Gasteiger partial charge in [-0.2, -0.15) is 11.6 Å². The van der Waals surface area contributed by atoms with E-state index in [0.717, 1.165) is 0 Å². The van der Waals surface area contributed by atoms with Gasteiger partial charge in [0.1, 0.15) is 0 Å². The molecule has 0 atom stereocenters. The van der Waals surface area contributed by atoms with Crippen molar-refractivity contribution < 1.29 is 20.8 Å². The maximum atomic E-state index is 4.93. The Morgan fingerprint density at radius 3 is 1.27 bits per heavy atom. The van der Waals surface area contributed by atoms with Gasteiger partial charge < -0.3 is 6.07 Å². The molecule has 0 saturated carbocycles. The zero-order valence-corrected chi connectivity index (χ0v) is 37.7. The molecule has 0 N–H and O–H groups in total. The number of rotatable bonds is 4. The first-order valence-corrected chi connectivity index (χ1v) is 28.4. The first kappa shape index (κ1) is 38.1. The van der Waals surface area contributed by atoms with Gasteiger partial charge >= 0.3 is 37.9 Å². The van der Waals surface area contributed by atoms with Crippen LogP contribution in [0.3, 0.4) is 0 Å². The molecule has 0 saturated heterocycles. The van der Waals surface area contributed by atoms with Crippen LogP contribution in [0.15, 0.2) is 60.7 Å². The topological polar surface area (TPSA) is 0 Å². The molecule has 4 heteroatoms. The summed E-state index contributed by atoms with van der Waals surface area (Å²) < 4.78 is 0. The van der Waals surface area contributed by atoms with Crippen molar-refractivity contribution in [2.45, 2.75) is 118 Å². The van der Waals surface area contributed by atoms with Gasteiger partial charge in [-0.1, -0.05) is 136 Å². The summed E-state index contributed by atoms with van der Waals surface area (Å²) in [6.07, 6.45) is 7.19. The third-order valence-electron chi connectivity index (χ3n) is 12.0. The SMILES string of the molecule is Cc1[c-]c2c(-c3ccc(C(C)(C)C)cc3)c3c(cc2[c-]1[Si](C)(C)[c-]1c(C)[c-]c2c(-c4ccc(C(C)(C)C)cc4)c4c(cc21)CCC4)CCC3.[Cl][Zr][Cl]. The third kappa shape index (κ3) is 6.61. The Kier molecular flexibility index (Phi) is 10.3. The third-order valence-corrected chi connectivity index (χ3v) is 15.8. The van der Waals surface area contributed by atoms with E-state index in [0.29, 0.717) is 0 Å². The Hall–Kier alpha value is -2.22. The van der Waals surface area contributed by atoms with Gasteiger partial charge in [-0.15, -0.1) is 22.3 Å². The minimum absolute atomic E-state index is 0.144. The molecule has 0 fully saturated rings. The molecule has 0 amide bonds. The van der Waals surface area contributed by atoms with Gasteiger partial charge in [0.15, 0.2) is 0 Å². The second kappa shape index (κ2) is 14.1. The fourth-order valence-corrected chi connectivity index (χ4v) is 13.7. The maximum absolute atomic E-state index is 4.93. The van der Waals surface area contributed by atoms with Crippen LogP contribution in [-0.2, 0) is 57.4 Å². The Morgan fingerprint density at radius 1 is 0.596 bits per heavy atom. The van der Waals surface area contributed by atoms with Crippen LogP contribution in [0, 0.1) is 26.0 Å². The fraction of sp³-hybridized carbons (Fsp3) is 0.375. The van der Waals surface area contributed by atoms with Crippen molar-refractivity contribution in [1.29, 1.82) is 0 Å². The molecule has 52 heavy (non-hydrogen) atoms. The Labute approximate surface area is 332 Å². The standard InChI is InChI=1S/C48H52Si.2ClH.Zr/c1-29-25-39-41(27-33-13-11-15-37(33)43(39)31-17-21-35(22-18-31)47(3,4)5)45(29)49(9,10)46-30(2)26-40-42(46)28-34-14-12-16-38(34)44(40)32-19-23-36(24-20-32)48(6,7)8;;;/h17-24,27-28H,11-16H2,1-10H3;2*1H;/q-4;;;+2/p-2. The van der Waals surface area contributed by atoms with Gasteiger partial charge in [-0.3, -0.25) is 32.8 Å². The monoisotopic (exact) mass is 816 g/mol. The molecule has 2 aliphatic carbocycles. The average molecular weight is 819 g/mol. The zero-order chi connectivity index (χ0) is 37.3. The van der Waals surface area contributed by atoms with Crippen LogP contribution in [0.1, 0.15) is 98.9 Å². The molecule has 0 heterocycles. The van der Waals surface area contributed by atoms with Crippen molar-refractivity contribution in [3.05, 3.63) is 117 Å². The predicted octanol–water partition coefficient (Wildman–Crippen LogP) is 12.8. The molecule has 8 rings (SSSR count). The van der Waals surface area contributed by atoms with E-state index in [9.17, 15) is 0 Å². The van der Waals surface area contributed by atoms with Crippen LogP contribution in [0.2, 0.25) is 13.1 Å². The zero-order valence-electron chi connectivity index (χ0n) is 32.8. The van der Waals surface area contributed by atoms with Crippen LogP contribution in [0.4, 0.5) is 0 Å². The van der Waals surface area contributed by atoms with Crippen LogP contribution in [0.25, 0.3) is 43.8 Å². The Morgan fingerprint density at radius 2 is 0.942 bits per heavy atom. The van der Waals surface area contributed by atoms with Gasteiger partial charge in [-0.25, -0.2) is 22.4 Å². The van der Waals surface area contributed by atoms with Crippen LogP contribution in [-0.4, -0.2) is 8.07 Å². The van der Waals surface area contributed by atoms with Crippen molar-refractivity contribution in [1.82, 2.24) is 0 Å². The molecule has 0 aromatic heterocycles. The molecule has 270 valence electrons. The quantitative estimate of drug-likeness (QED) is 0.123. The molecular formula is C48H52Cl2SiZr-4. The summed E-state index contributed by atoms with van der Waals surface area (Å²) in [6.45, 7) is 23.7. The second-order valence-electron chi connectivity index (χ2n) is 17.9. The molecule has 0 nitrogen and oxygen atoms in total. The first-order valence-electron chi connectivity index (χ1n) is 19.1. The van der Waals surface area contributed by atoms with Crippen molar-refractivity contribution in [2.75, 3.05) is 0 Å². The van der Waals surface area contributed by atoms with Crippen molar-refractivity contribution >= 4 is 57.0 Å². The number of hydrogen-bond donors (Lipinski definition) is 0. The Balaban J connectivity index is 0.00000136. The average Bonchev–Trinajstić information content (AvgIpc) is 3.86. The molecule has 0 unspecified atom stereocenters. The molecule has 0 aliphatic heterocycles. The van der Waals surface area contributed by atoms with Crippen LogP contribution < -0.4 is 10.4 Å². The fourth-order valence-electron chi connectivity index (χ4n) is 9.69. The van der Waals surface area contributed by atoms with Gasteiger partial charge in [0.05, 0.1) is 0 Å². The van der Waals surface area contributed by atoms with Crippen molar-refractivity contribution in [3.63, 3.8) is 0 Å². The first-order chi connectivity index (χ1) is 24.6. The van der Waals surface area contributed by atoms with Gasteiger partial charge in [0.25, 0.3) is 0 Å². The molecule has 0 bridgehead atoms. The predicted molar refractivity (Wildman–Crippen MR) is 227 cm³/mol. The Bertz CT molecular complexity index is 2120. The van der Waals surface area contributed by atoms with E-state index >= 15 is 0 Å². The van der Waals surface area contributed by atoms with Crippen molar-refractivity contribution in [3.8, 4) is 22.3 Å². The van der Waals surface area contributed by atoms with Crippen LogP contribution in [0.5, 0.6) is 0 Å². The normalized spacial score (nSPS) is 14.5. The van der Waals surface area contributed by atoms with E-state index in [1.54, 1.807) is 32.6 Å². The molecule has 6 aromatic carbocycles. The number of aryl methyl sites for hydroxylation is 4. The molecule has 0 radical (unpaired) electrons. The van der Waals surface area contributed by atoms with Crippen molar-refractivity contribution in [2.24, 2.45) is 0 Å². The summed E-state index contributed by atoms with van der Waals surface area (Å²) in [5.74, 6) is 0. The summed E-state index contributed by atoms with van der Waals surface area (Å²) >= 11 is -0.826. The molecule has 2 aliphatic rings. The van der Waals surface area contributed by atoms with Gasteiger partial charge in [0, 0.05) is 0 Å². The summed E-state index contributed by atoms with van der Waals surface area (Å²) in [5.41, 5.74) is 17.6. The van der Waals surface area contributed by atoms with E-state index in [-0.39, 0.29) is 10.8 Å². The summed E-state index contributed by atoms with van der Waals surface area (Å²) in [4.78, 5) is 0. The van der Waals surface area contributed by atoms with E-state index in [4.69, 9.17) is 17.0 Å². The van der Waals surface area contributed by atoms with E-state index in [2.05, 4.69) is 141 Å². The molecule has 0 spiro atoms. The number of halogens is 2. The number of hydrogen-bond acceptors (Lipinski definition) is 0. The summed E-state index contributed by atoms with van der Waals surface area (Å²) in [5, 5.41) is 8.75. The molecular weight excluding hydrogens is 767 g/mol. The van der Waals surface area contributed by atoms with Gasteiger partial charge in [0.2, 0.25) is 0 Å². The number of fused-ring (bicyclic) bond motifs is 4. The number of benzene rings is 4. The van der Waals surface area contributed by atoms with Crippen LogP contribution >= 0.6 is 17.0 Å². The summed E-state index contributed by atoms with van der Waals surface area (Å²) in [6, 6.07) is 32.2. The van der Waals surface area contributed by atoms with E-state index in [1.807, 2.05) is 0 Å². The summed E-state index contributed by atoms with van der Waals surface area (Å²) in [7, 11) is 7.66. The van der Waals surface area contributed by atoms with E-state index < -0.39 is 28.9 Å². The van der Waals surface area contributed by atoms with E-state index in [1.165, 1.54) is 105 Å². The van der Waals surface area contributed by atoms with Gasteiger partial charge in [-0.05, 0) is 66.0 Å². The molecule has 6 aromatic rings.